The van der Waals surface area contributed by atoms with E-state index in [1.54, 1.807) is 0 Å². The highest BCUT2D eigenvalue weighted by Crippen LogP contribution is 1.84. The SMILES string of the molecule is CCCN(N)C1=NNNN1. The van der Waals surface area contributed by atoms with Gasteiger partial charge in [-0.3, -0.25) is 10.4 Å². The van der Waals surface area contributed by atoms with Crippen molar-refractivity contribution in [2.75, 3.05) is 6.54 Å². The zero-order chi connectivity index (χ0) is 7.40. The first-order valence-corrected chi connectivity index (χ1v) is 3.20. The maximum absolute atomic E-state index is 5.55. The lowest BCUT2D eigenvalue weighted by Crippen LogP contribution is -2.47. The van der Waals surface area contributed by atoms with Gasteiger partial charge in [0.05, 0.1) is 0 Å². The average Bonchev–Trinajstić information content (AvgIpc) is 2.38. The molecule has 0 saturated heterocycles. The van der Waals surface area contributed by atoms with Gasteiger partial charge in [-0.25, -0.2) is 11.4 Å². The number of hydrogen-bond donors (Lipinski definition) is 4. The minimum Gasteiger partial charge on any atom is -0.278 e. The van der Waals surface area contributed by atoms with Crippen LogP contribution in [0.3, 0.4) is 0 Å². The molecule has 10 heavy (non-hydrogen) atoms. The van der Waals surface area contributed by atoms with Crippen LogP contribution < -0.4 is 22.3 Å². The van der Waals surface area contributed by atoms with Crippen LogP contribution >= 0.6 is 0 Å². The van der Waals surface area contributed by atoms with Crippen LogP contribution in [0.1, 0.15) is 13.3 Å². The van der Waals surface area contributed by atoms with E-state index < -0.39 is 0 Å². The third kappa shape index (κ3) is 1.49. The lowest BCUT2D eigenvalue weighted by molar-refractivity contribution is 0.421. The van der Waals surface area contributed by atoms with Crippen molar-refractivity contribution >= 4 is 5.96 Å². The van der Waals surface area contributed by atoms with E-state index in [1.807, 2.05) is 0 Å². The Bertz CT molecular complexity index is 132. The van der Waals surface area contributed by atoms with Gasteiger partial charge >= 0.3 is 0 Å². The largest absolute Gasteiger partial charge is 0.278 e. The summed E-state index contributed by atoms with van der Waals surface area (Å²) in [5.74, 6) is 6.16. The van der Waals surface area contributed by atoms with E-state index in [-0.39, 0.29) is 0 Å². The van der Waals surface area contributed by atoms with Gasteiger partial charge in [-0.15, -0.1) is 10.6 Å². The van der Waals surface area contributed by atoms with Gasteiger partial charge in [0.25, 0.3) is 0 Å². The van der Waals surface area contributed by atoms with E-state index in [2.05, 4.69) is 28.5 Å². The molecule has 0 aromatic carbocycles. The molecule has 1 rings (SSSR count). The first kappa shape index (κ1) is 7.10. The maximum Gasteiger partial charge on any atom is 0.247 e. The summed E-state index contributed by atoms with van der Waals surface area (Å²) >= 11 is 0. The lowest BCUT2D eigenvalue weighted by atomic mass is 10.5. The highest BCUT2D eigenvalue weighted by atomic mass is 15.8. The second-order valence-corrected chi connectivity index (χ2v) is 1.99. The molecule has 0 saturated carbocycles. The molecule has 0 atom stereocenters. The second kappa shape index (κ2) is 3.23. The predicted molar refractivity (Wildman–Crippen MR) is 38.0 cm³/mol. The smallest absolute Gasteiger partial charge is 0.247 e. The molecule has 0 bridgehead atoms. The molecule has 6 nitrogen and oxygen atoms in total. The standard InChI is InChI=1S/C4H12N6/c1-2-3-10(5)4-6-8-9-7-4/h8-9H,2-3,5H2,1H3,(H,6,7). The van der Waals surface area contributed by atoms with Crippen LogP contribution in [0.2, 0.25) is 0 Å². The van der Waals surface area contributed by atoms with Crippen molar-refractivity contribution in [1.82, 2.24) is 21.5 Å². The van der Waals surface area contributed by atoms with Gasteiger partial charge in [0.1, 0.15) is 0 Å². The first-order valence-electron chi connectivity index (χ1n) is 3.20. The summed E-state index contributed by atoms with van der Waals surface area (Å²) in [5.41, 5.74) is 7.83. The van der Waals surface area contributed by atoms with Gasteiger partial charge in [0.2, 0.25) is 5.96 Å². The molecular formula is C4H12N6. The van der Waals surface area contributed by atoms with Crippen molar-refractivity contribution in [2.45, 2.75) is 13.3 Å². The fraction of sp³-hybridized carbons (Fsp3) is 0.750. The molecule has 1 aliphatic rings. The third-order valence-corrected chi connectivity index (χ3v) is 1.13. The van der Waals surface area contributed by atoms with Gasteiger partial charge in [-0.1, -0.05) is 6.92 Å². The molecule has 5 N–H and O–H groups in total. The second-order valence-electron chi connectivity index (χ2n) is 1.99. The predicted octanol–water partition coefficient (Wildman–Crippen LogP) is -1.54. The van der Waals surface area contributed by atoms with E-state index in [1.165, 1.54) is 5.01 Å². The Morgan fingerprint density at radius 2 is 2.50 bits per heavy atom. The van der Waals surface area contributed by atoms with Crippen LogP contribution in [0.4, 0.5) is 0 Å². The number of rotatable bonds is 2. The molecule has 0 aromatic rings. The molecule has 0 aliphatic carbocycles. The summed E-state index contributed by atoms with van der Waals surface area (Å²) in [7, 11) is 0. The van der Waals surface area contributed by atoms with Gasteiger partial charge in [0.15, 0.2) is 0 Å². The minimum absolute atomic E-state index is 0.613. The maximum atomic E-state index is 5.55. The van der Waals surface area contributed by atoms with Gasteiger partial charge in [-0.2, -0.15) is 0 Å². The van der Waals surface area contributed by atoms with Crippen molar-refractivity contribution in [2.24, 2.45) is 10.9 Å². The van der Waals surface area contributed by atoms with Gasteiger partial charge < -0.3 is 0 Å². The third-order valence-electron chi connectivity index (χ3n) is 1.13. The molecule has 0 unspecified atom stereocenters. The van der Waals surface area contributed by atoms with E-state index >= 15 is 0 Å². The van der Waals surface area contributed by atoms with Crippen molar-refractivity contribution in [3.63, 3.8) is 0 Å². The molecule has 0 amide bonds. The first-order chi connectivity index (χ1) is 4.84. The van der Waals surface area contributed by atoms with E-state index in [0.29, 0.717) is 5.96 Å². The Morgan fingerprint density at radius 3 is 3.00 bits per heavy atom. The topological polar surface area (TPSA) is 77.7 Å². The van der Waals surface area contributed by atoms with Crippen molar-refractivity contribution in [1.29, 1.82) is 0 Å². The number of nitrogens with two attached hydrogens (primary N) is 1. The highest BCUT2D eigenvalue weighted by Gasteiger charge is 2.08. The molecule has 0 spiro atoms. The zero-order valence-corrected chi connectivity index (χ0v) is 5.89. The fourth-order valence-corrected chi connectivity index (χ4v) is 0.676. The summed E-state index contributed by atoms with van der Waals surface area (Å²) < 4.78 is 0. The number of hydrazine groups is 3. The van der Waals surface area contributed by atoms with Crippen LogP contribution in [-0.2, 0) is 0 Å². The summed E-state index contributed by atoms with van der Waals surface area (Å²) in [4.78, 5) is 0. The van der Waals surface area contributed by atoms with Crippen LogP contribution in [0.25, 0.3) is 0 Å². The zero-order valence-electron chi connectivity index (χ0n) is 5.89. The minimum atomic E-state index is 0.613. The summed E-state index contributed by atoms with van der Waals surface area (Å²) in [6.07, 6.45) is 0.997. The van der Waals surface area contributed by atoms with Crippen LogP contribution in [0.5, 0.6) is 0 Å². The van der Waals surface area contributed by atoms with Gasteiger partial charge in [-0.05, 0) is 6.42 Å². The summed E-state index contributed by atoms with van der Waals surface area (Å²) in [5, 5.41) is 5.33. The molecule has 58 valence electrons. The molecule has 0 radical (unpaired) electrons. The Kier molecular flexibility index (Phi) is 2.30. The monoisotopic (exact) mass is 144 g/mol. The molecule has 1 heterocycles. The number of hydrazone groups is 1. The quantitative estimate of drug-likeness (QED) is 0.279. The Hall–Kier alpha value is -1.01. The van der Waals surface area contributed by atoms with E-state index in [9.17, 15) is 0 Å². The summed E-state index contributed by atoms with van der Waals surface area (Å²) in [6.45, 7) is 2.84. The molecule has 0 aromatic heterocycles. The van der Waals surface area contributed by atoms with Crippen molar-refractivity contribution in [3.8, 4) is 0 Å². The van der Waals surface area contributed by atoms with Crippen molar-refractivity contribution < 1.29 is 0 Å². The Labute approximate surface area is 59.4 Å². The average molecular weight is 144 g/mol. The molecular weight excluding hydrogens is 132 g/mol. The van der Waals surface area contributed by atoms with Crippen LogP contribution in [0, 0.1) is 0 Å². The number of guanidine groups is 1. The molecule has 1 aliphatic heterocycles. The van der Waals surface area contributed by atoms with E-state index in [0.717, 1.165) is 13.0 Å². The summed E-state index contributed by atoms with van der Waals surface area (Å²) in [6, 6.07) is 0. The van der Waals surface area contributed by atoms with Gasteiger partial charge in [0, 0.05) is 6.54 Å². The Morgan fingerprint density at radius 1 is 1.70 bits per heavy atom. The normalized spacial score (nSPS) is 15.6. The molecule has 0 fully saturated rings. The number of nitrogens with zero attached hydrogens (tertiary/aromatic N) is 2. The van der Waals surface area contributed by atoms with Crippen LogP contribution in [0.15, 0.2) is 5.10 Å². The molecule has 6 heteroatoms. The number of hydrogen-bond acceptors (Lipinski definition) is 6. The van der Waals surface area contributed by atoms with E-state index in [4.69, 9.17) is 5.84 Å². The van der Waals surface area contributed by atoms with Crippen molar-refractivity contribution in [3.05, 3.63) is 0 Å². The fourth-order valence-electron chi connectivity index (χ4n) is 0.676. The highest BCUT2D eigenvalue weighted by molar-refractivity contribution is 5.79. The lowest BCUT2D eigenvalue weighted by Gasteiger charge is -2.14. The number of nitrogens with one attached hydrogen (secondary N) is 3. The van der Waals surface area contributed by atoms with Crippen LogP contribution in [-0.4, -0.2) is 17.5 Å². The Balaban J connectivity index is 2.32.